The normalized spacial score (nSPS) is 10.1. The fourth-order valence-corrected chi connectivity index (χ4v) is 1.66. The number of hydrogen-bond acceptors (Lipinski definition) is 2. The molecule has 2 aromatic carbocycles. The largest absolute Gasteiger partial charge is 0.395 e. The minimum Gasteiger partial charge on any atom is -0.395 e. The van der Waals surface area contributed by atoms with Crippen LogP contribution < -0.4 is 5.32 Å². The zero-order chi connectivity index (χ0) is 10.5. The van der Waals surface area contributed by atoms with Gasteiger partial charge in [-0.25, -0.2) is 0 Å². The van der Waals surface area contributed by atoms with Gasteiger partial charge in [-0.05, 0) is 22.4 Å². The van der Waals surface area contributed by atoms with Crippen LogP contribution in [0.3, 0.4) is 0 Å². The van der Waals surface area contributed by atoms with Gasteiger partial charge >= 0.3 is 0 Å². The quantitative estimate of drug-likeness (QED) is 0.801. The number of fused-ring (bicyclic) bond motifs is 1. The first-order chi connectivity index (χ1) is 7.40. The molecule has 2 aromatic rings. The Labute approximate surface area is 102 Å². The molecule has 3 heteroatoms. The zero-order valence-corrected chi connectivity index (χ0v) is 9.83. The smallest absolute Gasteiger partial charge is 0.0556 e. The Bertz CT molecular complexity index is 445. The summed E-state index contributed by atoms with van der Waals surface area (Å²) in [4.78, 5) is 0. The Kier molecular flexibility index (Phi) is 5.26. The van der Waals surface area contributed by atoms with Gasteiger partial charge in [0.15, 0.2) is 0 Å². The molecule has 0 saturated heterocycles. The van der Waals surface area contributed by atoms with Gasteiger partial charge in [0.2, 0.25) is 0 Å². The molecule has 0 radical (unpaired) electrons. The standard InChI is InChI=1S/C13H15NO.ClH/c15-8-7-14-10-11-5-6-12-3-1-2-4-13(12)9-11;/h1-6,9,14-15H,7-8,10H2;1H. The van der Waals surface area contributed by atoms with Gasteiger partial charge in [-0.3, -0.25) is 0 Å². The van der Waals surface area contributed by atoms with Crippen molar-refractivity contribution in [1.29, 1.82) is 0 Å². The average Bonchev–Trinajstić information content (AvgIpc) is 2.29. The van der Waals surface area contributed by atoms with Crippen LogP contribution in [0.1, 0.15) is 5.56 Å². The maximum atomic E-state index is 8.65. The average molecular weight is 238 g/mol. The number of rotatable bonds is 4. The van der Waals surface area contributed by atoms with Crippen LogP contribution in [0.4, 0.5) is 0 Å². The molecule has 0 unspecified atom stereocenters. The molecule has 0 atom stereocenters. The maximum Gasteiger partial charge on any atom is 0.0556 e. The molecule has 0 spiro atoms. The number of aliphatic hydroxyl groups excluding tert-OH is 1. The minimum atomic E-state index is 0. The van der Waals surface area contributed by atoms with Crippen LogP contribution >= 0.6 is 12.4 Å². The monoisotopic (exact) mass is 237 g/mol. The van der Waals surface area contributed by atoms with Gasteiger partial charge in [-0.2, -0.15) is 0 Å². The van der Waals surface area contributed by atoms with Crippen LogP contribution in [0.2, 0.25) is 0 Å². The molecule has 2 N–H and O–H groups in total. The first kappa shape index (κ1) is 13.0. The van der Waals surface area contributed by atoms with Crippen molar-refractivity contribution >= 4 is 23.2 Å². The predicted octanol–water partition coefficient (Wildman–Crippen LogP) is 2.34. The fourth-order valence-electron chi connectivity index (χ4n) is 1.66. The molecule has 0 heterocycles. The lowest BCUT2D eigenvalue weighted by Gasteiger charge is -2.04. The third-order valence-electron chi connectivity index (χ3n) is 2.43. The van der Waals surface area contributed by atoms with E-state index in [4.69, 9.17) is 5.11 Å². The first-order valence-corrected chi connectivity index (χ1v) is 5.19. The van der Waals surface area contributed by atoms with E-state index in [0.29, 0.717) is 6.54 Å². The maximum absolute atomic E-state index is 8.65. The van der Waals surface area contributed by atoms with Gasteiger partial charge in [-0.1, -0.05) is 36.4 Å². The van der Waals surface area contributed by atoms with Crippen molar-refractivity contribution in [3.63, 3.8) is 0 Å². The van der Waals surface area contributed by atoms with E-state index in [1.54, 1.807) is 0 Å². The van der Waals surface area contributed by atoms with Crippen molar-refractivity contribution in [3.8, 4) is 0 Å². The molecule has 0 aromatic heterocycles. The molecule has 0 aliphatic rings. The summed E-state index contributed by atoms with van der Waals surface area (Å²) < 4.78 is 0. The minimum absolute atomic E-state index is 0. The molecule has 86 valence electrons. The van der Waals surface area contributed by atoms with E-state index in [2.05, 4.69) is 35.6 Å². The van der Waals surface area contributed by atoms with E-state index in [9.17, 15) is 0 Å². The molecule has 2 nitrogen and oxygen atoms in total. The summed E-state index contributed by atoms with van der Waals surface area (Å²) in [5.74, 6) is 0. The third-order valence-corrected chi connectivity index (χ3v) is 2.43. The molecule has 2 rings (SSSR count). The van der Waals surface area contributed by atoms with E-state index in [0.717, 1.165) is 6.54 Å². The van der Waals surface area contributed by atoms with Gasteiger partial charge in [0.05, 0.1) is 6.61 Å². The second kappa shape index (κ2) is 6.48. The molecular weight excluding hydrogens is 222 g/mol. The Morgan fingerprint density at radius 1 is 1.00 bits per heavy atom. The lowest BCUT2D eigenvalue weighted by Crippen LogP contribution is -2.17. The summed E-state index contributed by atoms with van der Waals surface area (Å²) in [6, 6.07) is 14.8. The van der Waals surface area contributed by atoms with E-state index < -0.39 is 0 Å². The molecule has 0 aliphatic heterocycles. The highest BCUT2D eigenvalue weighted by atomic mass is 35.5. The van der Waals surface area contributed by atoms with Crippen LogP contribution in [-0.4, -0.2) is 18.3 Å². The molecule has 0 bridgehead atoms. The summed E-state index contributed by atoms with van der Waals surface area (Å²) >= 11 is 0. The lowest BCUT2D eigenvalue weighted by atomic mass is 10.1. The van der Waals surface area contributed by atoms with Gasteiger partial charge in [-0.15, -0.1) is 12.4 Å². The van der Waals surface area contributed by atoms with E-state index in [1.807, 2.05) is 12.1 Å². The zero-order valence-electron chi connectivity index (χ0n) is 9.02. The van der Waals surface area contributed by atoms with Crippen LogP contribution in [0.25, 0.3) is 10.8 Å². The van der Waals surface area contributed by atoms with Gasteiger partial charge in [0.25, 0.3) is 0 Å². The number of benzene rings is 2. The lowest BCUT2D eigenvalue weighted by molar-refractivity contribution is 0.292. The van der Waals surface area contributed by atoms with Gasteiger partial charge < -0.3 is 10.4 Å². The van der Waals surface area contributed by atoms with Crippen molar-refractivity contribution in [3.05, 3.63) is 48.0 Å². The molecule has 0 aliphatic carbocycles. The van der Waals surface area contributed by atoms with E-state index >= 15 is 0 Å². The molecule has 0 amide bonds. The van der Waals surface area contributed by atoms with Crippen LogP contribution in [0, 0.1) is 0 Å². The summed E-state index contributed by atoms with van der Waals surface area (Å²) in [5, 5.41) is 14.4. The second-order valence-electron chi connectivity index (χ2n) is 3.58. The highest BCUT2D eigenvalue weighted by Gasteiger charge is 1.95. The van der Waals surface area contributed by atoms with Crippen LogP contribution in [-0.2, 0) is 6.54 Å². The number of aliphatic hydroxyl groups is 1. The first-order valence-electron chi connectivity index (χ1n) is 5.19. The van der Waals surface area contributed by atoms with Crippen LogP contribution in [0.15, 0.2) is 42.5 Å². The molecule has 0 fully saturated rings. The van der Waals surface area contributed by atoms with Crippen molar-refractivity contribution in [2.24, 2.45) is 0 Å². The van der Waals surface area contributed by atoms with E-state index in [-0.39, 0.29) is 19.0 Å². The highest BCUT2D eigenvalue weighted by molar-refractivity contribution is 5.85. The Hall–Kier alpha value is -1.09. The summed E-state index contributed by atoms with van der Waals surface area (Å²) in [7, 11) is 0. The SMILES string of the molecule is Cl.OCCNCc1ccc2ccccc2c1. The number of halogens is 1. The second-order valence-corrected chi connectivity index (χ2v) is 3.58. The summed E-state index contributed by atoms with van der Waals surface area (Å²) in [6.45, 7) is 1.64. The van der Waals surface area contributed by atoms with Crippen molar-refractivity contribution in [2.45, 2.75) is 6.54 Å². The third kappa shape index (κ3) is 3.20. The molecular formula is C13H16ClNO. The topological polar surface area (TPSA) is 32.3 Å². The van der Waals surface area contributed by atoms with Gasteiger partial charge in [0.1, 0.15) is 0 Å². The van der Waals surface area contributed by atoms with Crippen molar-refractivity contribution in [1.82, 2.24) is 5.32 Å². The highest BCUT2D eigenvalue weighted by Crippen LogP contribution is 2.15. The predicted molar refractivity (Wildman–Crippen MR) is 70.0 cm³/mol. The fraction of sp³-hybridized carbons (Fsp3) is 0.231. The number of nitrogens with one attached hydrogen (secondary N) is 1. The van der Waals surface area contributed by atoms with E-state index in [1.165, 1.54) is 16.3 Å². The Balaban J connectivity index is 0.00000128. The Morgan fingerprint density at radius 2 is 1.75 bits per heavy atom. The molecule has 0 saturated carbocycles. The van der Waals surface area contributed by atoms with Gasteiger partial charge in [0, 0.05) is 13.1 Å². The summed E-state index contributed by atoms with van der Waals surface area (Å²) in [5.41, 5.74) is 1.25. The Morgan fingerprint density at radius 3 is 2.50 bits per heavy atom. The van der Waals surface area contributed by atoms with Crippen molar-refractivity contribution in [2.75, 3.05) is 13.2 Å². The number of hydrogen-bond donors (Lipinski definition) is 2. The van der Waals surface area contributed by atoms with Crippen molar-refractivity contribution < 1.29 is 5.11 Å². The molecule has 16 heavy (non-hydrogen) atoms. The summed E-state index contributed by atoms with van der Waals surface area (Å²) in [6.07, 6.45) is 0. The van der Waals surface area contributed by atoms with Crippen LogP contribution in [0.5, 0.6) is 0 Å².